The van der Waals surface area contributed by atoms with Crippen LogP contribution in [-0.2, 0) is 11.2 Å². The number of oxazole rings is 1. The van der Waals surface area contributed by atoms with Crippen LogP contribution in [0.1, 0.15) is 37.6 Å². The summed E-state index contributed by atoms with van der Waals surface area (Å²) in [5.41, 5.74) is 2.20. The monoisotopic (exact) mass is 342 g/mol. The summed E-state index contributed by atoms with van der Waals surface area (Å²) in [7, 11) is 0. The number of benzene rings is 1. The fourth-order valence-corrected chi connectivity index (χ4v) is 3.28. The summed E-state index contributed by atoms with van der Waals surface area (Å²) in [5.74, 6) is 1.79. The van der Waals surface area contributed by atoms with Gasteiger partial charge in [-0.05, 0) is 32.6 Å². The van der Waals surface area contributed by atoms with E-state index in [1.807, 2.05) is 43.0 Å². The molecule has 2 aromatic rings. The van der Waals surface area contributed by atoms with Crippen LogP contribution in [0, 0.1) is 12.8 Å². The number of aryl methyl sites for hydroxylation is 2. The molecule has 1 fully saturated rings. The minimum Gasteiger partial charge on any atom is -0.441 e. The first-order chi connectivity index (χ1) is 12.0. The number of hydrogen-bond acceptors (Lipinski definition) is 4. The molecule has 1 N–H and O–H groups in total. The van der Waals surface area contributed by atoms with Crippen LogP contribution in [0.3, 0.4) is 0 Å². The van der Waals surface area contributed by atoms with E-state index in [0.717, 1.165) is 37.3 Å². The van der Waals surface area contributed by atoms with Crippen molar-refractivity contribution in [3.8, 4) is 11.3 Å². The fourth-order valence-electron chi connectivity index (χ4n) is 3.28. The Morgan fingerprint density at radius 1 is 1.32 bits per heavy atom. The Balaban J connectivity index is 1.51. The number of rotatable bonds is 5. The summed E-state index contributed by atoms with van der Waals surface area (Å²) in [5, 5.41) is 9.64. The predicted molar refractivity (Wildman–Crippen MR) is 96.0 cm³/mol. The van der Waals surface area contributed by atoms with Gasteiger partial charge in [-0.3, -0.25) is 4.79 Å². The zero-order chi connectivity index (χ0) is 17.8. The van der Waals surface area contributed by atoms with E-state index in [1.165, 1.54) is 5.56 Å². The summed E-state index contributed by atoms with van der Waals surface area (Å²) in [6.45, 7) is 5.34. The molecule has 5 heteroatoms. The van der Waals surface area contributed by atoms with Gasteiger partial charge in [-0.15, -0.1) is 0 Å². The number of carbonyl (C=O) groups excluding carboxylic acids is 1. The maximum Gasteiger partial charge on any atom is 0.223 e. The highest BCUT2D eigenvalue weighted by molar-refractivity contribution is 5.76. The van der Waals surface area contributed by atoms with E-state index in [9.17, 15) is 9.90 Å². The summed E-state index contributed by atoms with van der Waals surface area (Å²) in [6.07, 6.45) is 4.11. The summed E-state index contributed by atoms with van der Waals surface area (Å²) in [4.78, 5) is 18.5. The molecule has 1 aliphatic rings. The Morgan fingerprint density at radius 2 is 2.00 bits per heavy atom. The lowest BCUT2D eigenvalue weighted by Gasteiger charge is -2.33. The van der Waals surface area contributed by atoms with E-state index in [-0.39, 0.29) is 12.0 Å². The smallest absolute Gasteiger partial charge is 0.223 e. The van der Waals surface area contributed by atoms with Crippen molar-refractivity contribution in [3.05, 3.63) is 41.9 Å². The molecule has 1 saturated heterocycles. The Hall–Kier alpha value is -2.14. The maximum atomic E-state index is 12.4. The van der Waals surface area contributed by atoms with Gasteiger partial charge in [0.25, 0.3) is 0 Å². The average Bonchev–Trinajstić information content (AvgIpc) is 3.09. The van der Waals surface area contributed by atoms with Crippen molar-refractivity contribution in [2.75, 3.05) is 13.1 Å². The van der Waals surface area contributed by atoms with Gasteiger partial charge in [-0.25, -0.2) is 4.98 Å². The van der Waals surface area contributed by atoms with Crippen molar-refractivity contribution >= 4 is 5.91 Å². The lowest BCUT2D eigenvalue weighted by molar-refractivity contribution is -0.133. The van der Waals surface area contributed by atoms with E-state index in [1.54, 1.807) is 6.20 Å². The molecule has 1 aliphatic heterocycles. The molecule has 0 spiro atoms. The van der Waals surface area contributed by atoms with E-state index in [2.05, 4.69) is 4.98 Å². The zero-order valence-electron chi connectivity index (χ0n) is 14.9. The van der Waals surface area contributed by atoms with Gasteiger partial charge in [0.05, 0.1) is 12.3 Å². The Morgan fingerprint density at radius 3 is 2.64 bits per heavy atom. The molecule has 2 heterocycles. The third kappa shape index (κ3) is 4.48. The van der Waals surface area contributed by atoms with Crippen molar-refractivity contribution < 1.29 is 14.3 Å². The summed E-state index contributed by atoms with van der Waals surface area (Å²) in [6, 6.07) is 8.10. The Labute approximate surface area is 148 Å². The van der Waals surface area contributed by atoms with Gasteiger partial charge in [-0.1, -0.05) is 29.8 Å². The molecule has 1 unspecified atom stereocenters. The molecule has 1 atom stereocenters. The highest BCUT2D eigenvalue weighted by atomic mass is 16.4. The van der Waals surface area contributed by atoms with Crippen LogP contribution in [0.2, 0.25) is 0 Å². The standard InChI is InChI=1S/C20H26N2O3/c1-14-3-5-17(6-4-14)18-13-21-19(25-18)7-8-20(24)22-11-9-16(10-12-22)15(2)23/h3-6,13,15-16,23H,7-12H2,1-2H3. The van der Waals surface area contributed by atoms with Gasteiger partial charge in [0, 0.05) is 31.5 Å². The lowest BCUT2D eigenvalue weighted by Crippen LogP contribution is -2.40. The molecule has 5 nitrogen and oxygen atoms in total. The highest BCUT2D eigenvalue weighted by Crippen LogP contribution is 2.23. The van der Waals surface area contributed by atoms with E-state index < -0.39 is 0 Å². The second-order valence-electron chi connectivity index (χ2n) is 6.94. The molecular weight excluding hydrogens is 316 g/mol. The van der Waals surface area contributed by atoms with Gasteiger partial charge in [0.2, 0.25) is 5.91 Å². The molecule has 1 aromatic carbocycles. The maximum absolute atomic E-state index is 12.4. The van der Waals surface area contributed by atoms with Crippen LogP contribution in [0.15, 0.2) is 34.9 Å². The van der Waals surface area contributed by atoms with E-state index in [4.69, 9.17) is 4.42 Å². The van der Waals surface area contributed by atoms with Crippen LogP contribution in [-0.4, -0.2) is 40.1 Å². The van der Waals surface area contributed by atoms with Crippen LogP contribution < -0.4 is 0 Å². The van der Waals surface area contributed by atoms with Crippen LogP contribution in [0.5, 0.6) is 0 Å². The minimum absolute atomic E-state index is 0.138. The summed E-state index contributed by atoms with van der Waals surface area (Å²) < 4.78 is 5.78. The van der Waals surface area contributed by atoms with Crippen LogP contribution in [0.4, 0.5) is 0 Å². The number of hydrogen-bond donors (Lipinski definition) is 1. The number of likely N-dealkylation sites (tertiary alicyclic amines) is 1. The molecule has 25 heavy (non-hydrogen) atoms. The Bertz CT molecular complexity index is 698. The van der Waals surface area contributed by atoms with Crippen LogP contribution in [0.25, 0.3) is 11.3 Å². The average molecular weight is 342 g/mol. The van der Waals surface area contributed by atoms with Crippen molar-refractivity contribution in [1.29, 1.82) is 0 Å². The first-order valence-electron chi connectivity index (χ1n) is 9.00. The summed E-state index contributed by atoms with van der Waals surface area (Å²) >= 11 is 0. The number of amides is 1. The zero-order valence-corrected chi connectivity index (χ0v) is 14.9. The number of piperidine rings is 1. The predicted octanol–water partition coefficient (Wildman–Crippen LogP) is 3.20. The van der Waals surface area contributed by atoms with Crippen LogP contribution >= 0.6 is 0 Å². The first kappa shape index (κ1) is 17.7. The normalized spacial score (nSPS) is 16.8. The number of aromatic nitrogens is 1. The number of aliphatic hydroxyl groups excluding tert-OH is 1. The lowest BCUT2D eigenvalue weighted by atomic mass is 9.92. The third-order valence-corrected chi connectivity index (χ3v) is 5.02. The van der Waals surface area contributed by atoms with Gasteiger partial charge >= 0.3 is 0 Å². The van der Waals surface area contributed by atoms with Crippen molar-refractivity contribution in [3.63, 3.8) is 0 Å². The number of nitrogens with zero attached hydrogens (tertiary/aromatic N) is 2. The highest BCUT2D eigenvalue weighted by Gasteiger charge is 2.25. The largest absolute Gasteiger partial charge is 0.441 e. The molecule has 1 amide bonds. The third-order valence-electron chi connectivity index (χ3n) is 5.02. The Kier molecular flexibility index (Phi) is 5.53. The van der Waals surface area contributed by atoms with Gasteiger partial charge in [-0.2, -0.15) is 0 Å². The first-order valence-corrected chi connectivity index (χ1v) is 9.00. The van der Waals surface area contributed by atoms with Crippen molar-refractivity contribution in [2.45, 2.75) is 45.6 Å². The number of aliphatic hydroxyl groups is 1. The SMILES string of the molecule is Cc1ccc(-c2cnc(CCC(=O)N3CCC(C(C)O)CC3)o2)cc1. The topological polar surface area (TPSA) is 66.6 Å². The minimum atomic E-state index is -0.287. The van der Waals surface area contributed by atoms with Gasteiger partial charge < -0.3 is 14.4 Å². The molecule has 1 aromatic heterocycles. The molecule has 0 aliphatic carbocycles. The quantitative estimate of drug-likeness (QED) is 0.906. The molecule has 0 bridgehead atoms. The number of carbonyl (C=O) groups is 1. The second-order valence-corrected chi connectivity index (χ2v) is 6.94. The van der Waals surface area contributed by atoms with E-state index in [0.29, 0.717) is 24.7 Å². The van der Waals surface area contributed by atoms with Crippen molar-refractivity contribution in [2.24, 2.45) is 5.92 Å². The van der Waals surface area contributed by atoms with Gasteiger partial charge in [0.15, 0.2) is 11.7 Å². The van der Waals surface area contributed by atoms with Gasteiger partial charge in [0.1, 0.15) is 0 Å². The molecule has 0 radical (unpaired) electrons. The fraction of sp³-hybridized carbons (Fsp3) is 0.500. The molecule has 3 rings (SSSR count). The second kappa shape index (κ2) is 7.83. The molecular formula is C20H26N2O3. The molecule has 134 valence electrons. The molecule has 0 saturated carbocycles. The van der Waals surface area contributed by atoms with E-state index >= 15 is 0 Å². The van der Waals surface area contributed by atoms with Crippen molar-refractivity contribution in [1.82, 2.24) is 9.88 Å².